The molecule has 1 aromatic carbocycles. The van der Waals surface area contributed by atoms with E-state index in [9.17, 15) is 27.6 Å². The summed E-state index contributed by atoms with van der Waals surface area (Å²) in [5.41, 5.74) is -0.970. The molecule has 9 heteroatoms. The number of amides is 4. The lowest BCUT2D eigenvalue weighted by Crippen LogP contribution is -2.38. The van der Waals surface area contributed by atoms with E-state index < -0.39 is 42.2 Å². The largest absolute Gasteiger partial charge is 0.416 e. The first-order valence-electron chi connectivity index (χ1n) is 7.67. The number of carbonyl (C=O) groups is 3. The molecule has 0 spiro atoms. The number of nitrogens with zero attached hydrogens (tertiary/aromatic N) is 1. The molecule has 25 heavy (non-hydrogen) atoms. The molecule has 6 nitrogen and oxygen atoms in total. The van der Waals surface area contributed by atoms with Crippen LogP contribution in [-0.4, -0.2) is 35.3 Å². The van der Waals surface area contributed by atoms with Gasteiger partial charge in [-0.2, -0.15) is 13.2 Å². The molecule has 0 radical (unpaired) electrons. The Labute approximate surface area is 142 Å². The molecule has 2 N–H and O–H groups in total. The Morgan fingerprint density at radius 1 is 1.32 bits per heavy atom. The lowest BCUT2D eigenvalue weighted by molar-refractivity contribution is -0.137. The van der Waals surface area contributed by atoms with E-state index >= 15 is 0 Å². The van der Waals surface area contributed by atoms with Gasteiger partial charge in [0.1, 0.15) is 12.6 Å². The number of nitrogens with one attached hydrogen (secondary N) is 2. The zero-order valence-electron chi connectivity index (χ0n) is 13.7. The molecule has 1 aliphatic rings. The number of hydrogen-bond acceptors (Lipinski definition) is 3. The quantitative estimate of drug-likeness (QED) is 0.795. The van der Waals surface area contributed by atoms with Crippen molar-refractivity contribution in [3.05, 3.63) is 29.8 Å². The first-order chi connectivity index (χ1) is 11.6. The van der Waals surface area contributed by atoms with E-state index in [1.165, 1.54) is 6.07 Å². The molecule has 0 aliphatic carbocycles. The van der Waals surface area contributed by atoms with Crippen LogP contribution < -0.4 is 10.6 Å². The maximum atomic E-state index is 12.7. The Morgan fingerprint density at radius 3 is 2.60 bits per heavy atom. The van der Waals surface area contributed by atoms with E-state index in [0.29, 0.717) is 6.42 Å². The number of hydrogen-bond donors (Lipinski definition) is 2. The van der Waals surface area contributed by atoms with Gasteiger partial charge in [0.2, 0.25) is 5.91 Å². The molecule has 1 aliphatic heterocycles. The minimum absolute atomic E-state index is 0.0643. The van der Waals surface area contributed by atoms with Crippen LogP contribution in [-0.2, 0) is 15.8 Å². The summed E-state index contributed by atoms with van der Waals surface area (Å²) in [6.07, 6.45) is -4.09. The van der Waals surface area contributed by atoms with E-state index in [2.05, 4.69) is 10.6 Å². The second kappa shape index (κ2) is 7.12. The number of imide groups is 1. The minimum Gasteiger partial charge on any atom is -0.326 e. The molecule has 1 heterocycles. The van der Waals surface area contributed by atoms with Crippen molar-refractivity contribution in [2.24, 2.45) is 5.92 Å². The van der Waals surface area contributed by atoms with Gasteiger partial charge in [-0.3, -0.25) is 14.5 Å². The van der Waals surface area contributed by atoms with Gasteiger partial charge < -0.3 is 10.6 Å². The fourth-order valence-electron chi connectivity index (χ4n) is 2.48. The average Bonchev–Trinajstić information content (AvgIpc) is 2.73. The zero-order valence-corrected chi connectivity index (χ0v) is 13.7. The van der Waals surface area contributed by atoms with Crippen molar-refractivity contribution in [3.63, 3.8) is 0 Å². The summed E-state index contributed by atoms with van der Waals surface area (Å²) >= 11 is 0. The predicted octanol–water partition coefficient (Wildman–Crippen LogP) is 2.61. The van der Waals surface area contributed by atoms with Crippen LogP contribution in [0, 0.1) is 5.92 Å². The third-order valence-electron chi connectivity index (χ3n) is 3.59. The van der Waals surface area contributed by atoms with E-state index in [0.717, 1.165) is 23.1 Å². The van der Waals surface area contributed by atoms with Crippen molar-refractivity contribution in [1.82, 2.24) is 10.2 Å². The van der Waals surface area contributed by atoms with Crippen LogP contribution in [0.15, 0.2) is 24.3 Å². The number of carbonyl (C=O) groups excluding carboxylic acids is 3. The molecule has 1 saturated heterocycles. The summed E-state index contributed by atoms with van der Waals surface area (Å²) in [4.78, 5) is 36.7. The van der Waals surface area contributed by atoms with Crippen molar-refractivity contribution in [2.75, 3.05) is 11.9 Å². The van der Waals surface area contributed by atoms with Gasteiger partial charge in [0.25, 0.3) is 5.91 Å². The third kappa shape index (κ3) is 4.71. The SMILES string of the molecule is CC(C)CC1NC(=O)N(CC(=O)Nc2cccc(C(F)(F)F)c2)C1=O. The molecule has 1 fully saturated rings. The van der Waals surface area contributed by atoms with Crippen molar-refractivity contribution >= 4 is 23.5 Å². The Kier molecular flexibility index (Phi) is 5.34. The smallest absolute Gasteiger partial charge is 0.326 e. The highest BCUT2D eigenvalue weighted by Gasteiger charge is 2.39. The van der Waals surface area contributed by atoms with Gasteiger partial charge in [-0.1, -0.05) is 19.9 Å². The van der Waals surface area contributed by atoms with Crippen LogP contribution in [0.5, 0.6) is 0 Å². The minimum atomic E-state index is -4.53. The molecule has 1 aromatic rings. The maximum Gasteiger partial charge on any atom is 0.416 e. The van der Waals surface area contributed by atoms with Crippen molar-refractivity contribution in [1.29, 1.82) is 0 Å². The number of alkyl halides is 3. The Morgan fingerprint density at radius 2 is 2.00 bits per heavy atom. The summed E-state index contributed by atoms with van der Waals surface area (Å²) in [6.45, 7) is 3.22. The molecule has 4 amide bonds. The van der Waals surface area contributed by atoms with Crippen LogP contribution in [0.1, 0.15) is 25.8 Å². The van der Waals surface area contributed by atoms with Gasteiger partial charge in [-0.05, 0) is 30.5 Å². The number of anilines is 1. The lowest BCUT2D eigenvalue weighted by atomic mass is 10.0. The van der Waals surface area contributed by atoms with Gasteiger partial charge in [-0.15, -0.1) is 0 Å². The molecule has 0 aromatic heterocycles. The Hall–Kier alpha value is -2.58. The van der Waals surface area contributed by atoms with E-state index in [1.807, 2.05) is 13.8 Å². The molecule has 1 unspecified atom stereocenters. The van der Waals surface area contributed by atoms with Crippen molar-refractivity contribution in [2.45, 2.75) is 32.5 Å². The normalized spacial score (nSPS) is 17.8. The topological polar surface area (TPSA) is 78.5 Å². The first kappa shape index (κ1) is 18.8. The van der Waals surface area contributed by atoms with E-state index in [-0.39, 0.29) is 11.6 Å². The van der Waals surface area contributed by atoms with Crippen LogP contribution in [0.4, 0.5) is 23.7 Å². The van der Waals surface area contributed by atoms with E-state index in [1.54, 1.807) is 0 Å². The summed E-state index contributed by atoms with van der Waals surface area (Å²) in [7, 11) is 0. The molecular weight excluding hydrogens is 339 g/mol. The highest BCUT2D eigenvalue weighted by molar-refractivity contribution is 6.07. The number of urea groups is 1. The lowest BCUT2D eigenvalue weighted by Gasteiger charge is -2.14. The molecule has 136 valence electrons. The number of rotatable bonds is 5. The highest BCUT2D eigenvalue weighted by atomic mass is 19.4. The van der Waals surface area contributed by atoms with Crippen LogP contribution in [0.25, 0.3) is 0 Å². The monoisotopic (exact) mass is 357 g/mol. The predicted molar refractivity (Wildman–Crippen MR) is 83.6 cm³/mol. The molecular formula is C16H18F3N3O3. The van der Waals surface area contributed by atoms with Gasteiger partial charge in [0.15, 0.2) is 0 Å². The number of halogens is 3. The van der Waals surface area contributed by atoms with Crippen molar-refractivity contribution < 1.29 is 27.6 Å². The fraction of sp³-hybridized carbons (Fsp3) is 0.438. The summed E-state index contributed by atoms with van der Waals surface area (Å²) in [5.74, 6) is -1.10. The van der Waals surface area contributed by atoms with Gasteiger partial charge >= 0.3 is 12.2 Å². The van der Waals surface area contributed by atoms with Gasteiger partial charge in [0.05, 0.1) is 5.56 Å². The van der Waals surface area contributed by atoms with Gasteiger partial charge in [-0.25, -0.2) is 4.79 Å². The third-order valence-corrected chi connectivity index (χ3v) is 3.59. The molecule has 2 rings (SSSR count). The maximum absolute atomic E-state index is 12.7. The van der Waals surface area contributed by atoms with Crippen LogP contribution in [0.3, 0.4) is 0 Å². The molecule has 0 saturated carbocycles. The second-order valence-electron chi connectivity index (χ2n) is 6.18. The Bertz CT molecular complexity index is 689. The summed E-state index contributed by atoms with van der Waals surface area (Å²) in [5, 5.41) is 4.76. The average molecular weight is 357 g/mol. The van der Waals surface area contributed by atoms with Crippen LogP contribution >= 0.6 is 0 Å². The first-order valence-corrected chi connectivity index (χ1v) is 7.67. The van der Waals surface area contributed by atoms with Crippen molar-refractivity contribution in [3.8, 4) is 0 Å². The summed E-state index contributed by atoms with van der Waals surface area (Å²) < 4.78 is 38.0. The summed E-state index contributed by atoms with van der Waals surface area (Å²) in [6, 6.07) is 2.74. The molecule has 1 atom stereocenters. The van der Waals surface area contributed by atoms with E-state index in [4.69, 9.17) is 0 Å². The highest BCUT2D eigenvalue weighted by Crippen LogP contribution is 2.30. The van der Waals surface area contributed by atoms with Crippen LogP contribution in [0.2, 0.25) is 0 Å². The standard InChI is InChI=1S/C16H18F3N3O3/c1-9(2)6-12-14(24)22(15(25)21-12)8-13(23)20-11-5-3-4-10(7-11)16(17,18)19/h3-5,7,9,12H,6,8H2,1-2H3,(H,20,23)(H,21,25). The van der Waals surface area contributed by atoms with Gasteiger partial charge in [0, 0.05) is 5.69 Å². The number of benzene rings is 1. The fourth-order valence-corrected chi connectivity index (χ4v) is 2.48. The molecule has 0 bridgehead atoms. The zero-order chi connectivity index (χ0) is 18.8. The second-order valence-corrected chi connectivity index (χ2v) is 6.18. The Balaban J connectivity index is 2.01.